The summed E-state index contributed by atoms with van der Waals surface area (Å²) in [7, 11) is 1.58. The van der Waals surface area contributed by atoms with Gasteiger partial charge in [0.2, 0.25) is 0 Å². The van der Waals surface area contributed by atoms with Crippen molar-refractivity contribution in [2.24, 2.45) is 0 Å². The Hall–Kier alpha value is -3.61. The van der Waals surface area contributed by atoms with Crippen molar-refractivity contribution < 1.29 is 13.9 Å². The third-order valence-corrected chi connectivity index (χ3v) is 5.27. The van der Waals surface area contributed by atoms with E-state index in [4.69, 9.17) is 4.74 Å². The number of piperazine rings is 1. The summed E-state index contributed by atoms with van der Waals surface area (Å²) in [6.45, 7) is 2.05. The lowest BCUT2D eigenvalue weighted by molar-refractivity contribution is 0.0746. The predicted molar refractivity (Wildman–Crippen MR) is 113 cm³/mol. The van der Waals surface area contributed by atoms with Crippen LogP contribution in [0.25, 0.3) is 5.69 Å². The second-order valence-corrected chi connectivity index (χ2v) is 7.05. The zero-order chi connectivity index (χ0) is 21.1. The number of hydrogen-bond acceptors (Lipinski definition) is 4. The fraction of sp³-hybridized carbons (Fsp3) is 0.217. The van der Waals surface area contributed by atoms with E-state index in [0.29, 0.717) is 48.9 Å². The molecular weight excluding hydrogens is 385 g/mol. The van der Waals surface area contributed by atoms with Gasteiger partial charge in [0.15, 0.2) is 0 Å². The van der Waals surface area contributed by atoms with Crippen LogP contribution in [0.3, 0.4) is 0 Å². The van der Waals surface area contributed by atoms with Crippen molar-refractivity contribution in [3.8, 4) is 11.4 Å². The first-order valence-electron chi connectivity index (χ1n) is 9.73. The zero-order valence-corrected chi connectivity index (χ0v) is 16.6. The first kappa shape index (κ1) is 19.7. The maximum absolute atomic E-state index is 14.0. The Bertz CT molecular complexity index is 1100. The summed E-state index contributed by atoms with van der Waals surface area (Å²) in [6.07, 6.45) is 1.57. The van der Waals surface area contributed by atoms with Crippen LogP contribution < -0.4 is 15.2 Å². The number of benzene rings is 2. The maximum Gasteiger partial charge on any atom is 0.255 e. The van der Waals surface area contributed by atoms with E-state index in [1.807, 2.05) is 4.90 Å². The fourth-order valence-electron chi connectivity index (χ4n) is 3.60. The number of ether oxygens (including phenoxy) is 1. The summed E-state index contributed by atoms with van der Waals surface area (Å²) in [5, 5.41) is 0. The van der Waals surface area contributed by atoms with Crippen LogP contribution in [0.4, 0.5) is 10.1 Å². The van der Waals surface area contributed by atoms with Gasteiger partial charge in [-0.1, -0.05) is 12.1 Å². The van der Waals surface area contributed by atoms with Gasteiger partial charge in [-0.2, -0.15) is 0 Å². The third kappa shape index (κ3) is 3.91. The minimum absolute atomic E-state index is 0.148. The largest absolute Gasteiger partial charge is 0.497 e. The van der Waals surface area contributed by atoms with E-state index in [0.717, 1.165) is 0 Å². The first-order valence-corrected chi connectivity index (χ1v) is 9.73. The quantitative estimate of drug-likeness (QED) is 0.667. The molecule has 4 rings (SSSR count). The summed E-state index contributed by atoms with van der Waals surface area (Å²) in [6, 6.07) is 16.7. The molecule has 3 aromatic rings. The molecule has 30 heavy (non-hydrogen) atoms. The van der Waals surface area contributed by atoms with E-state index in [9.17, 15) is 14.0 Å². The first-order chi connectivity index (χ1) is 14.6. The lowest BCUT2D eigenvalue weighted by atomic mass is 10.2. The maximum atomic E-state index is 14.0. The molecule has 6 nitrogen and oxygen atoms in total. The molecule has 0 radical (unpaired) electrons. The van der Waals surface area contributed by atoms with Crippen LogP contribution in [-0.4, -0.2) is 48.7 Å². The topological polar surface area (TPSA) is 54.8 Å². The molecule has 154 valence electrons. The Kier molecular flexibility index (Phi) is 5.52. The molecule has 1 aromatic heterocycles. The monoisotopic (exact) mass is 407 g/mol. The number of halogens is 1. The van der Waals surface area contributed by atoms with Crippen LogP contribution in [0.15, 0.2) is 71.7 Å². The standard InChI is InChI=1S/C23H22FN3O3/c1-30-19-9-7-18(8-10-19)27-16-17(6-11-22(27)28)23(29)26-14-12-25(13-15-26)21-5-3-2-4-20(21)24/h2-11,16H,12-15H2,1H3. The van der Waals surface area contributed by atoms with Gasteiger partial charge in [-0.3, -0.25) is 14.2 Å². The van der Waals surface area contributed by atoms with Crippen LogP contribution in [0, 0.1) is 5.82 Å². The molecule has 0 N–H and O–H groups in total. The minimum atomic E-state index is -0.260. The number of rotatable bonds is 4. The molecule has 1 aliphatic rings. The van der Waals surface area contributed by atoms with E-state index in [1.165, 1.54) is 16.7 Å². The number of methoxy groups -OCH3 is 1. The minimum Gasteiger partial charge on any atom is -0.497 e. The van der Waals surface area contributed by atoms with Gasteiger partial charge in [0.05, 0.1) is 18.4 Å². The number of anilines is 1. The number of hydrogen-bond donors (Lipinski definition) is 0. The number of aromatic nitrogens is 1. The van der Waals surface area contributed by atoms with Gasteiger partial charge in [-0.25, -0.2) is 4.39 Å². The van der Waals surface area contributed by atoms with Gasteiger partial charge < -0.3 is 14.5 Å². The van der Waals surface area contributed by atoms with Gasteiger partial charge in [-0.05, 0) is 42.5 Å². The lowest BCUT2D eigenvalue weighted by Gasteiger charge is -2.36. The number of amides is 1. The summed E-state index contributed by atoms with van der Waals surface area (Å²) >= 11 is 0. The van der Waals surface area contributed by atoms with Crippen LogP contribution in [0.5, 0.6) is 5.75 Å². The van der Waals surface area contributed by atoms with Crippen molar-refractivity contribution in [3.05, 3.63) is 88.6 Å². The third-order valence-electron chi connectivity index (χ3n) is 5.27. The predicted octanol–water partition coefficient (Wildman–Crippen LogP) is 2.95. The summed E-state index contributed by atoms with van der Waals surface area (Å²) in [4.78, 5) is 29.0. The van der Waals surface area contributed by atoms with Crippen molar-refractivity contribution in [1.82, 2.24) is 9.47 Å². The summed E-state index contributed by atoms with van der Waals surface area (Å²) < 4.78 is 20.6. The SMILES string of the molecule is COc1ccc(-n2cc(C(=O)N3CCN(c4ccccc4F)CC3)ccc2=O)cc1. The van der Waals surface area contributed by atoms with Gasteiger partial charge in [0.25, 0.3) is 11.5 Å². The molecule has 0 atom stereocenters. The molecule has 0 spiro atoms. The Morgan fingerprint density at radius 2 is 1.63 bits per heavy atom. The highest BCUT2D eigenvalue weighted by atomic mass is 19.1. The molecule has 1 aliphatic heterocycles. The molecule has 0 unspecified atom stereocenters. The molecule has 0 bridgehead atoms. The van der Waals surface area contributed by atoms with E-state index < -0.39 is 0 Å². The van der Waals surface area contributed by atoms with Gasteiger partial charge in [0.1, 0.15) is 11.6 Å². The Labute approximate surface area is 173 Å². The smallest absolute Gasteiger partial charge is 0.255 e. The number of carbonyl (C=O) groups excluding carboxylic acids is 1. The Morgan fingerprint density at radius 3 is 2.30 bits per heavy atom. The average Bonchev–Trinajstić information content (AvgIpc) is 2.79. The highest BCUT2D eigenvalue weighted by molar-refractivity contribution is 5.94. The summed E-state index contributed by atoms with van der Waals surface area (Å²) in [5.41, 5.74) is 1.42. The van der Waals surface area contributed by atoms with E-state index in [1.54, 1.807) is 66.7 Å². The number of para-hydroxylation sites is 1. The van der Waals surface area contributed by atoms with E-state index >= 15 is 0 Å². The van der Waals surface area contributed by atoms with Crippen molar-refractivity contribution in [2.75, 3.05) is 38.2 Å². The second kappa shape index (κ2) is 8.41. The normalized spacial score (nSPS) is 13.9. The molecule has 0 saturated carbocycles. The number of pyridine rings is 1. The second-order valence-electron chi connectivity index (χ2n) is 7.05. The number of nitrogens with zero attached hydrogens (tertiary/aromatic N) is 3. The van der Waals surface area contributed by atoms with Crippen LogP contribution >= 0.6 is 0 Å². The van der Waals surface area contributed by atoms with Crippen molar-refractivity contribution in [2.45, 2.75) is 0 Å². The average molecular weight is 407 g/mol. The fourth-order valence-corrected chi connectivity index (χ4v) is 3.60. The van der Waals surface area contributed by atoms with E-state index in [-0.39, 0.29) is 17.3 Å². The van der Waals surface area contributed by atoms with Crippen LogP contribution in [0.1, 0.15) is 10.4 Å². The van der Waals surface area contributed by atoms with Crippen LogP contribution in [0.2, 0.25) is 0 Å². The molecular formula is C23H22FN3O3. The van der Waals surface area contributed by atoms with Crippen molar-refractivity contribution in [3.63, 3.8) is 0 Å². The van der Waals surface area contributed by atoms with Gasteiger partial charge in [0, 0.05) is 44.1 Å². The zero-order valence-electron chi connectivity index (χ0n) is 16.6. The molecule has 1 amide bonds. The molecule has 2 heterocycles. The molecule has 1 saturated heterocycles. The molecule has 1 fully saturated rings. The van der Waals surface area contributed by atoms with Crippen molar-refractivity contribution in [1.29, 1.82) is 0 Å². The lowest BCUT2D eigenvalue weighted by Crippen LogP contribution is -2.49. The van der Waals surface area contributed by atoms with Crippen molar-refractivity contribution >= 4 is 11.6 Å². The van der Waals surface area contributed by atoms with Gasteiger partial charge in [-0.15, -0.1) is 0 Å². The van der Waals surface area contributed by atoms with E-state index in [2.05, 4.69) is 0 Å². The molecule has 0 aliphatic carbocycles. The highest BCUT2D eigenvalue weighted by Gasteiger charge is 2.24. The van der Waals surface area contributed by atoms with Crippen LogP contribution in [-0.2, 0) is 0 Å². The highest BCUT2D eigenvalue weighted by Crippen LogP contribution is 2.21. The Balaban J connectivity index is 1.50. The molecule has 2 aromatic carbocycles. The summed E-state index contributed by atoms with van der Waals surface area (Å²) in [5.74, 6) is 0.279. The Morgan fingerprint density at radius 1 is 0.933 bits per heavy atom. The number of carbonyl (C=O) groups is 1. The molecule has 7 heteroatoms. The van der Waals surface area contributed by atoms with Gasteiger partial charge >= 0.3 is 0 Å².